The van der Waals surface area contributed by atoms with Crippen LogP contribution in [0, 0.1) is 3.57 Å². The number of hydrogen-bond donors (Lipinski definition) is 1. The topological polar surface area (TPSA) is 43.1 Å². The van der Waals surface area contributed by atoms with Gasteiger partial charge in [-0.25, -0.2) is 4.21 Å². The molecule has 0 aliphatic heterocycles. The molecule has 1 aromatic rings. The summed E-state index contributed by atoms with van der Waals surface area (Å²) in [5, 5.41) is 5.57. The van der Waals surface area contributed by atoms with E-state index in [0.717, 1.165) is 19.3 Å². The van der Waals surface area contributed by atoms with E-state index in [4.69, 9.17) is 5.14 Å². The third-order valence-corrected chi connectivity index (χ3v) is 5.52. The first kappa shape index (κ1) is 13.5. The van der Waals surface area contributed by atoms with Crippen LogP contribution in [0.3, 0.4) is 0 Å². The molecule has 1 unspecified atom stereocenters. The Kier molecular flexibility index (Phi) is 3.95. The highest BCUT2D eigenvalue weighted by atomic mass is 127. The lowest BCUT2D eigenvalue weighted by Gasteiger charge is -2.25. The van der Waals surface area contributed by atoms with Gasteiger partial charge in [-0.1, -0.05) is 6.07 Å². The molecule has 2 N–H and O–H groups in total. The van der Waals surface area contributed by atoms with Crippen molar-refractivity contribution in [3.05, 3.63) is 32.9 Å². The zero-order valence-electron chi connectivity index (χ0n) is 10.2. The van der Waals surface area contributed by atoms with Gasteiger partial charge in [0.15, 0.2) is 0 Å². The molecule has 0 aromatic heterocycles. The summed E-state index contributed by atoms with van der Waals surface area (Å²) in [6, 6.07) is 6.65. The van der Waals surface area contributed by atoms with E-state index in [1.165, 1.54) is 14.7 Å². The highest BCUT2D eigenvalue weighted by Gasteiger charge is 2.32. The quantitative estimate of drug-likeness (QED) is 0.824. The van der Waals surface area contributed by atoms with Gasteiger partial charge in [-0.05, 0) is 84.9 Å². The van der Waals surface area contributed by atoms with E-state index >= 15 is 0 Å². The van der Waals surface area contributed by atoms with Gasteiger partial charge in [-0.3, -0.25) is 5.14 Å². The zero-order valence-corrected chi connectivity index (χ0v) is 13.2. The average Bonchev–Trinajstić information content (AvgIpc) is 2.60. The van der Waals surface area contributed by atoms with Gasteiger partial charge in [0.2, 0.25) is 0 Å². The maximum atomic E-state index is 11.5. The lowest BCUT2D eigenvalue weighted by molar-refractivity contribution is 0.515. The average molecular weight is 363 g/mol. The van der Waals surface area contributed by atoms with Crippen LogP contribution in [0.4, 0.5) is 0 Å². The van der Waals surface area contributed by atoms with Crippen LogP contribution in [-0.4, -0.2) is 8.96 Å². The lowest BCUT2D eigenvalue weighted by Crippen LogP contribution is -2.33. The smallest absolute Gasteiger partial charge is 0.0945 e. The van der Waals surface area contributed by atoms with Gasteiger partial charge in [-0.2, -0.15) is 0 Å². The molecule has 0 spiro atoms. The molecule has 0 amide bonds. The second-order valence-corrected chi connectivity index (χ2v) is 8.29. The molecule has 94 valence electrons. The molecule has 0 saturated heterocycles. The van der Waals surface area contributed by atoms with Crippen molar-refractivity contribution < 1.29 is 4.21 Å². The number of nitrogens with two attached hydrogens (primary N) is 1. The predicted octanol–water partition coefficient (Wildman–Crippen LogP) is 3.11. The fourth-order valence-electron chi connectivity index (χ4n) is 2.55. The van der Waals surface area contributed by atoms with Gasteiger partial charge < -0.3 is 0 Å². The summed E-state index contributed by atoms with van der Waals surface area (Å²) in [4.78, 5) is 0. The first-order valence-electron chi connectivity index (χ1n) is 5.85. The van der Waals surface area contributed by atoms with Crippen LogP contribution in [0.5, 0.6) is 0 Å². The minimum absolute atomic E-state index is 0.298. The van der Waals surface area contributed by atoms with E-state index in [2.05, 4.69) is 40.8 Å². The summed E-state index contributed by atoms with van der Waals surface area (Å²) < 4.78 is 12.5. The lowest BCUT2D eigenvalue weighted by atomic mass is 9.91. The van der Waals surface area contributed by atoms with Crippen LogP contribution in [0.2, 0.25) is 0 Å². The van der Waals surface area contributed by atoms with E-state index in [1.807, 2.05) is 13.8 Å². The van der Waals surface area contributed by atoms with Crippen molar-refractivity contribution in [1.82, 2.24) is 0 Å². The second-order valence-electron chi connectivity index (χ2n) is 5.34. The molecule has 1 aliphatic carbocycles. The van der Waals surface area contributed by atoms with Crippen molar-refractivity contribution in [3.63, 3.8) is 0 Å². The fraction of sp³-hybridized carbons (Fsp3) is 0.538. The molecule has 0 radical (unpaired) electrons. The van der Waals surface area contributed by atoms with Gasteiger partial charge in [0.1, 0.15) is 0 Å². The second kappa shape index (κ2) is 4.97. The van der Waals surface area contributed by atoms with Crippen LogP contribution >= 0.6 is 22.6 Å². The van der Waals surface area contributed by atoms with E-state index < -0.39 is 11.0 Å². The largest absolute Gasteiger partial charge is 0.251 e. The SMILES string of the molecule is CC(C)(C[C@@H]1CCc2ccc(I)cc21)S(N)=O. The Bertz CT molecular complexity index is 459. The third kappa shape index (κ3) is 2.90. The number of hydrogen-bond acceptors (Lipinski definition) is 1. The highest BCUT2D eigenvalue weighted by Crippen LogP contribution is 2.39. The molecule has 2 rings (SSSR count). The summed E-state index contributed by atoms with van der Waals surface area (Å²) in [5.74, 6) is 0.516. The molecule has 2 nitrogen and oxygen atoms in total. The van der Waals surface area contributed by atoms with Crippen LogP contribution in [0.15, 0.2) is 18.2 Å². The summed E-state index contributed by atoms with van der Waals surface area (Å²) >= 11 is 2.35. The number of aryl methyl sites for hydroxylation is 1. The van der Waals surface area contributed by atoms with Crippen LogP contribution in [-0.2, 0) is 17.4 Å². The molecule has 0 heterocycles. The van der Waals surface area contributed by atoms with Crippen LogP contribution in [0.25, 0.3) is 0 Å². The van der Waals surface area contributed by atoms with Crippen molar-refractivity contribution in [3.8, 4) is 0 Å². The number of benzene rings is 1. The standard InChI is InChI=1S/C13H18INOS/c1-13(2,17(15)16)8-10-4-3-9-5-6-11(14)7-12(9)10/h5-7,10H,3-4,8,15H2,1-2H3/t10-,17?/m0/s1. The third-order valence-electron chi connectivity index (χ3n) is 3.59. The van der Waals surface area contributed by atoms with E-state index in [-0.39, 0.29) is 4.75 Å². The molecule has 0 saturated carbocycles. The van der Waals surface area contributed by atoms with Crippen molar-refractivity contribution >= 4 is 33.6 Å². The van der Waals surface area contributed by atoms with Gasteiger partial charge in [0.05, 0.1) is 15.7 Å². The molecule has 1 aliphatic rings. The first-order chi connectivity index (χ1) is 7.90. The van der Waals surface area contributed by atoms with E-state index in [1.54, 1.807) is 0 Å². The highest BCUT2D eigenvalue weighted by molar-refractivity contribution is 14.1. The summed E-state index contributed by atoms with van der Waals surface area (Å²) in [7, 11) is -1.26. The van der Waals surface area contributed by atoms with Crippen LogP contribution in [0.1, 0.15) is 43.7 Å². The van der Waals surface area contributed by atoms with Crippen LogP contribution < -0.4 is 5.14 Å². The van der Waals surface area contributed by atoms with Gasteiger partial charge in [-0.15, -0.1) is 0 Å². The Morgan fingerprint density at radius 3 is 2.88 bits per heavy atom. The molecule has 17 heavy (non-hydrogen) atoms. The number of halogens is 1. The summed E-state index contributed by atoms with van der Waals surface area (Å²) in [5.41, 5.74) is 2.89. The van der Waals surface area contributed by atoms with Crippen molar-refractivity contribution in [2.24, 2.45) is 5.14 Å². The zero-order chi connectivity index (χ0) is 12.6. The fourth-order valence-corrected chi connectivity index (χ4v) is 3.43. The Balaban J connectivity index is 2.23. The summed E-state index contributed by atoms with van der Waals surface area (Å²) in [6.07, 6.45) is 3.21. The molecule has 4 heteroatoms. The first-order valence-corrected chi connectivity index (χ1v) is 8.14. The number of fused-ring (bicyclic) bond motifs is 1. The van der Waals surface area contributed by atoms with Gasteiger partial charge in [0, 0.05) is 3.57 Å². The Morgan fingerprint density at radius 2 is 2.24 bits per heavy atom. The molecule has 0 bridgehead atoms. The van der Waals surface area contributed by atoms with E-state index in [0.29, 0.717) is 5.92 Å². The predicted molar refractivity (Wildman–Crippen MR) is 81.2 cm³/mol. The Hall–Kier alpha value is 0.0600. The normalized spacial score (nSPS) is 21.3. The van der Waals surface area contributed by atoms with Crippen molar-refractivity contribution in [1.29, 1.82) is 0 Å². The minimum atomic E-state index is -1.26. The minimum Gasteiger partial charge on any atom is -0.251 e. The molecular formula is C13H18INOS. The Morgan fingerprint density at radius 1 is 1.53 bits per heavy atom. The Labute approximate surface area is 119 Å². The van der Waals surface area contributed by atoms with E-state index in [9.17, 15) is 4.21 Å². The maximum Gasteiger partial charge on any atom is 0.0945 e. The van der Waals surface area contributed by atoms with Crippen molar-refractivity contribution in [2.75, 3.05) is 0 Å². The maximum absolute atomic E-state index is 11.5. The van der Waals surface area contributed by atoms with Crippen molar-refractivity contribution in [2.45, 2.75) is 43.8 Å². The molecule has 0 fully saturated rings. The number of rotatable bonds is 3. The van der Waals surface area contributed by atoms with Gasteiger partial charge in [0.25, 0.3) is 0 Å². The monoisotopic (exact) mass is 363 g/mol. The van der Waals surface area contributed by atoms with Gasteiger partial charge >= 0.3 is 0 Å². The molecular weight excluding hydrogens is 345 g/mol. The summed E-state index contributed by atoms with van der Waals surface area (Å²) in [6.45, 7) is 3.99. The molecule has 2 atom stereocenters. The molecule has 1 aromatic carbocycles.